The second kappa shape index (κ2) is 8.40. The molecule has 2 aromatic rings. The standard InChI is InChI=1S/C23H32N6O4/c1-12(2)18(24)22(31)33-11-16(23(3,4)5)26-21(30)19-15-9-13-8-14(13)20(15)29(27-19)17-10-28(32)7-6-25-17/h6-7,10,12-14,16,18H,8-9,11,24H2,1-5H3,(H-,25,26,30,32)/p+1/t13-,14-,16?,18?/m0/s1. The molecule has 10 heteroatoms. The van der Waals surface area contributed by atoms with Crippen LogP contribution in [0.25, 0.3) is 5.82 Å². The Kier molecular flexibility index (Phi) is 5.90. The van der Waals surface area contributed by atoms with Gasteiger partial charge in [-0.05, 0) is 30.1 Å². The van der Waals surface area contributed by atoms with Gasteiger partial charge in [-0.3, -0.25) is 9.59 Å². The van der Waals surface area contributed by atoms with Crippen LogP contribution in [0.5, 0.6) is 0 Å². The molecule has 0 radical (unpaired) electrons. The van der Waals surface area contributed by atoms with Crippen molar-refractivity contribution >= 4 is 11.9 Å². The number of esters is 1. The number of carbonyl (C=O) groups excluding carboxylic acids is 2. The largest absolute Gasteiger partial charge is 0.462 e. The molecule has 33 heavy (non-hydrogen) atoms. The molecular formula is C23H33N6O4+. The summed E-state index contributed by atoms with van der Waals surface area (Å²) < 4.78 is 7.83. The zero-order valence-corrected chi connectivity index (χ0v) is 19.8. The predicted octanol–water partition coefficient (Wildman–Crippen LogP) is 1.45. The van der Waals surface area contributed by atoms with Gasteiger partial charge in [0.1, 0.15) is 12.6 Å². The number of ether oxygens (including phenoxy) is 1. The molecule has 178 valence electrons. The average molecular weight is 458 g/mol. The van der Waals surface area contributed by atoms with E-state index in [0.29, 0.717) is 27.8 Å². The summed E-state index contributed by atoms with van der Waals surface area (Å²) >= 11 is 0. The third-order valence-corrected chi connectivity index (χ3v) is 6.64. The number of fused-ring (bicyclic) bond motifs is 3. The lowest BCUT2D eigenvalue weighted by Crippen LogP contribution is -2.48. The van der Waals surface area contributed by atoms with E-state index in [-0.39, 0.29) is 23.8 Å². The van der Waals surface area contributed by atoms with Gasteiger partial charge in [0.15, 0.2) is 5.69 Å². The summed E-state index contributed by atoms with van der Waals surface area (Å²) in [6, 6.07) is -1.14. The summed E-state index contributed by atoms with van der Waals surface area (Å²) in [6.07, 6.45) is 6.18. The Morgan fingerprint density at radius 2 is 2.12 bits per heavy atom. The van der Waals surface area contributed by atoms with Gasteiger partial charge >= 0.3 is 5.97 Å². The summed E-state index contributed by atoms with van der Waals surface area (Å²) in [5, 5.41) is 7.62. The van der Waals surface area contributed by atoms with Crippen molar-refractivity contribution in [3.8, 4) is 5.82 Å². The number of hydrogen-bond acceptors (Lipinski definition) is 6. The van der Waals surface area contributed by atoms with Crippen molar-refractivity contribution in [2.45, 2.75) is 65.5 Å². The van der Waals surface area contributed by atoms with Gasteiger partial charge in [-0.15, -0.1) is 0 Å². The summed E-state index contributed by atoms with van der Waals surface area (Å²) in [5.74, 6) is 0.557. The number of aromatic amines is 1. The lowest BCUT2D eigenvalue weighted by atomic mass is 9.87. The van der Waals surface area contributed by atoms with Crippen LogP contribution in [0.3, 0.4) is 0 Å². The van der Waals surface area contributed by atoms with E-state index >= 15 is 0 Å². The van der Waals surface area contributed by atoms with Gasteiger partial charge in [0.2, 0.25) is 12.0 Å². The highest BCUT2D eigenvalue weighted by Gasteiger charge is 2.50. The molecule has 2 aliphatic carbocycles. The first-order valence-corrected chi connectivity index (χ1v) is 11.4. The van der Waals surface area contributed by atoms with E-state index in [0.717, 1.165) is 24.1 Å². The first kappa shape index (κ1) is 23.2. The summed E-state index contributed by atoms with van der Waals surface area (Å²) in [4.78, 5) is 40.4. The fourth-order valence-electron chi connectivity index (χ4n) is 4.26. The van der Waals surface area contributed by atoms with Gasteiger partial charge in [-0.25, -0.2) is 4.68 Å². The molecule has 1 fully saturated rings. The van der Waals surface area contributed by atoms with Crippen molar-refractivity contribution in [2.24, 2.45) is 23.0 Å². The van der Waals surface area contributed by atoms with Crippen LogP contribution in [0.1, 0.15) is 68.7 Å². The van der Waals surface area contributed by atoms with E-state index in [2.05, 4.69) is 15.4 Å². The number of nitrogens with zero attached hydrogens (tertiary/aromatic N) is 3. The van der Waals surface area contributed by atoms with Crippen LogP contribution in [-0.2, 0) is 16.0 Å². The van der Waals surface area contributed by atoms with E-state index in [4.69, 9.17) is 10.5 Å². The van der Waals surface area contributed by atoms with Crippen molar-refractivity contribution in [1.29, 1.82) is 0 Å². The predicted molar refractivity (Wildman–Crippen MR) is 120 cm³/mol. The highest BCUT2D eigenvalue weighted by Crippen LogP contribution is 2.57. The molecule has 4 atom stereocenters. The molecule has 2 aliphatic rings. The van der Waals surface area contributed by atoms with Gasteiger partial charge in [-0.2, -0.15) is 5.10 Å². The Morgan fingerprint density at radius 1 is 1.39 bits per heavy atom. The number of carbonyl (C=O) groups is 2. The van der Waals surface area contributed by atoms with Crippen LogP contribution in [-0.4, -0.2) is 45.3 Å². The minimum absolute atomic E-state index is 0.0191. The monoisotopic (exact) mass is 457 g/mol. The third-order valence-electron chi connectivity index (χ3n) is 6.64. The molecule has 0 spiro atoms. The Balaban J connectivity index is 1.57. The highest BCUT2D eigenvalue weighted by molar-refractivity contribution is 5.94. The highest BCUT2D eigenvalue weighted by atomic mass is 16.5. The average Bonchev–Trinajstić information content (AvgIpc) is 3.23. The number of rotatable bonds is 7. The van der Waals surface area contributed by atoms with Gasteiger partial charge in [0.05, 0.1) is 22.4 Å². The lowest BCUT2D eigenvalue weighted by molar-refractivity contribution is -0.495. The Bertz CT molecular complexity index is 1130. The normalized spacial score (nSPS) is 20.7. The van der Waals surface area contributed by atoms with Crippen molar-refractivity contribution in [1.82, 2.24) is 20.1 Å². The molecule has 1 saturated carbocycles. The van der Waals surface area contributed by atoms with Crippen molar-refractivity contribution in [3.63, 3.8) is 0 Å². The molecule has 4 N–H and O–H groups in total. The fourth-order valence-corrected chi connectivity index (χ4v) is 4.26. The van der Waals surface area contributed by atoms with Crippen molar-refractivity contribution < 1.29 is 18.8 Å². The summed E-state index contributed by atoms with van der Waals surface area (Å²) in [5.41, 5.74) is 7.80. The van der Waals surface area contributed by atoms with E-state index in [1.54, 1.807) is 10.9 Å². The van der Waals surface area contributed by atoms with Crippen LogP contribution < -0.4 is 15.5 Å². The molecule has 2 heterocycles. The van der Waals surface area contributed by atoms with E-state index < -0.39 is 18.1 Å². The quantitative estimate of drug-likeness (QED) is 0.425. The third kappa shape index (κ3) is 4.57. The van der Waals surface area contributed by atoms with E-state index in [1.807, 2.05) is 34.6 Å². The second-order valence-electron chi connectivity index (χ2n) is 10.6. The summed E-state index contributed by atoms with van der Waals surface area (Å²) in [7, 11) is 0. The van der Waals surface area contributed by atoms with Crippen molar-refractivity contribution in [3.05, 3.63) is 40.4 Å². The Hall–Kier alpha value is -3.01. The smallest absolute Gasteiger partial charge is 0.323 e. The molecular weight excluding hydrogens is 424 g/mol. The molecule has 0 bridgehead atoms. The minimum Gasteiger partial charge on any atom is -0.462 e. The first-order valence-electron chi connectivity index (χ1n) is 11.4. The van der Waals surface area contributed by atoms with Crippen molar-refractivity contribution in [2.75, 3.05) is 6.61 Å². The molecule has 0 aliphatic heterocycles. The van der Waals surface area contributed by atoms with Crippen LogP contribution in [0.2, 0.25) is 0 Å². The molecule has 10 nitrogen and oxygen atoms in total. The van der Waals surface area contributed by atoms with Crippen LogP contribution >= 0.6 is 0 Å². The topological polar surface area (TPSA) is 138 Å². The lowest BCUT2D eigenvalue weighted by Gasteiger charge is -2.31. The number of nitrogens with one attached hydrogen (secondary N) is 2. The van der Waals surface area contributed by atoms with Crippen LogP contribution in [0, 0.1) is 22.2 Å². The molecule has 0 saturated heterocycles. The number of H-pyrrole nitrogens is 1. The zero-order chi connectivity index (χ0) is 24.1. The zero-order valence-electron chi connectivity index (χ0n) is 19.8. The van der Waals surface area contributed by atoms with Gasteiger partial charge < -0.3 is 20.8 Å². The molecule has 0 aromatic carbocycles. The second-order valence-corrected chi connectivity index (χ2v) is 10.6. The summed E-state index contributed by atoms with van der Waals surface area (Å²) in [6.45, 7) is 9.64. The maximum atomic E-state index is 13.4. The van der Waals surface area contributed by atoms with E-state index in [1.165, 1.54) is 12.4 Å². The number of amides is 1. The Labute approximate surface area is 192 Å². The Morgan fingerprint density at radius 3 is 2.76 bits per heavy atom. The molecule has 2 aromatic heterocycles. The number of nitrogens with two attached hydrogens (primary N) is 1. The number of hydrogen-bond donors (Lipinski definition) is 3. The van der Waals surface area contributed by atoms with Gasteiger partial charge in [0.25, 0.3) is 12.1 Å². The molecule has 2 unspecified atom stereocenters. The first-order chi connectivity index (χ1) is 15.5. The fraction of sp³-hybridized carbons (Fsp3) is 0.609. The van der Waals surface area contributed by atoms with E-state index in [9.17, 15) is 14.5 Å². The van der Waals surface area contributed by atoms with Crippen LogP contribution in [0.4, 0.5) is 0 Å². The van der Waals surface area contributed by atoms with Gasteiger partial charge in [-0.1, -0.05) is 34.6 Å². The SMILES string of the molecule is CC(C)C(N)C(=O)OCC(NC(=O)c1nn(-c2c[n+](=O)cc[nH]2)c2c1C[C@@H]1C[C@H]21)C(C)(C)C. The number of aromatic nitrogens is 4. The minimum atomic E-state index is -0.710. The van der Waals surface area contributed by atoms with Crippen LogP contribution in [0.15, 0.2) is 18.6 Å². The van der Waals surface area contributed by atoms with Gasteiger partial charge in [0, 0.05) is 16.4 Å². The molecule has 1 amide bonds. The maximum Gasteiger partial charge on any atom is 0.323 e. The molecule has 4 rings (SSSR count). The maximum absolute atomic E-state index is 13.4.